The van der Waals surface area contributed by atoms with Crippen molar-refractivity contribution in [2.24, 2.45) is 5.92 Å². The summed E-state index contributed by atoms with van der Waals surface area (Å²) in [6.45, 7) is 6.61. The molecule has 0 radical (unpaired) electrons. The molecule has 2 heterocycles. The van der Waals surface area contributed by atoms with Crippen molar-refractivity contribution in [2.45, 2.75) is 39.2 Å². The zero-order valence-corrected chi connectivity index (χ0v) is 16.7. The van der Waals surface area contributed by atoms with Crippen molar-refractivity contribution in [3.05, 3.63) is 64.2 Å². The van der Waals surface area contributed by atoms with Gasteiger partial charge in [0.25, 0.3) is 5.56 Å². The lowest BCUT2D eigenvalue weighted by atomic mass is 9.99. The maximum absolute atomic E-state index is 13.6. The second-order valence-corrected chi connectivity index (χ2v) is 8.14. The molecule has 4 rings (SSSR count). The van der Waals surface area contributed by atoms with E-state index in [0.29, 0.717) is 34.5 Å². The van der Waals surface area contributed by atoms with Gasteiger partial charge in [0.05, 0.1) is 10.9 Å². The van der Waals surface area contributed by atoms with Gasteiger partial charge in [0, 0.05) is 18.5 Å². The molecule has 0 bridgehead atoms. The van der Waals surface area contributed by atoms with Crippen LogP contribution >= 0.6 is 0 Å². The predicted molar refractivity (Wildman–Crippen MR) is 111 cm³/mol. The third-order valence-corrected chi connectivity index (χ3v) is 5.54. The topological polar surface area (TPSA) is 46.9 Å². The highest BCUT2D eigenvalue weighted by Gasteiger charge is 2.20. The zero-order valence-electron chi connectivity index (χ0n) is 16.7. The molecule has 4 nitrogen and oxygen atoms in total. The lowest BCUT2D eigenvalue weighted by molar-refractivity contribution is 0.327. The molecule has 1 saturated heterocycles. The molecule has 3 aromatic rings. The Kier molecular flexibility index (Phi) is 5.46. The number of nitrogens with zero attached hydrogens (tertiary/aromatic N) is 2. The Labute approximate surface area is 168 Å². The first-order valence-corrected chi connectivity index (χ1v) is 10.1. The third kappa shape index (κ3) is 4.08. The van der Waals surface area contributed by atoms with E-state index in [-0.39, 0.29) is 11.5 Å². The zero-order chi connectivity index (χ0) is 20.5. The first-order valence-electron chi connectivity index (χ1n) is 10.1. The Morgan fingerprint density at radius 2 is 1.90 bits per heavy atom. The van der Waals surface area contributed by atoms with Crippen molar-refractivity contribution < 1.29 is 8.78 Å². The minimum atomic E-state index is -0.643. The minimum absolute atomic E-state index is 0.0944. The SMILES string of the molecule is CC(C)c1nc2ccc(-c3cc(F)cc(F)c3)cc2c(=O)n1CC1CCCNC1. The summed E-state index contributed by atoms with van der Waals surface area (Å²) in [5.41, 5.74) is 1.51. The van der Waals surface area contributed by atoms with Crippen LogP contribution in [0.5, 0.6) is 0 Å². The molecule has 0 amide bonds. The van der Waals surface area contributed by atoms with Crippen LogP contribution in [0.15, 0.2) is 41.2 Å². The average molecular weight is 397 g/mol. The van der Waals surface area contributed by atoms with Crippen molar-refractivity contribution >= 4 is 10.9 Å². The molecule has 1 N–H and O–H groups in total. The number of fused-ring (bicyclic) bond motifs is 1. The minimum Gasteiger partial charge on any atom is -0.316 e. The summed E-state index contributed by atoms with van der Waals surface area (Å²) in [4.78, 5) is 18.2. The van der Waals surface area contributed by atoms with E-state index >= 15 is 0 Å². The van der Waals surface area contributed by atoms with Crippen LogP contribution in [0.25, 0.3) is 22.0 Å². The molecule has 1 aliphatic rings. The van der Waals surface area contributed by atoms with E-state index in [0.717, 1.165) is 37.8 Å². The Bertz CT molecular complexity index is 1080. The molecule has 1 unspecified atom stereocenters. The largest absolute Gasteiger partial charge is 0.316 e. The van der Waals surface area contributed by atoms with Gasteiger partial charge >= 0.3 is 0 Å². The number of benzene rings is 2. The Balaban J connectivity index is 1.84. The Hall–Kier alpha value is -2.60. The fourth-order valence-corrected chi connectivity index (χ4v) is 4.09. The van der Waals surface area contributed by atoms with Crippen molar-refractivity contribution in [3.63, 3.8) is 0 Å². The van der Waals surface area contributed by atoms with Gasteiger partial charge in [0.1, 0.15) is 17.5 Å². The van der Waals surface area contributed by atoms with E-state index in [1.54, 1.807) is 22.8 Å². The lowest BCUT2D eigenvalue weighted by Gasteiger charge is -2.25. The second-order valence-electron chi connectivity index (χ2n) is 8.14. The van der Waals surface area contributed by atoms with E-state index in [1.165, 1.54) is 12.1 Å². The van der Waals surface area contributed by atoms with E-state index in [9.17, 15) is 13.6 Å². The maximum atomic E-state index is 13.6. The molecule has 0 saturated carbocycles. The number of halogens is 2. The molecule has 1 fully saturated rings. The molecule has 0 aliphatic carbocycles. The summed E-state index contributed by atoms with van der Waals surface area (Å²) in [5.74, 6) is -0.0110. The lowest BCUT2D eigenvalue weighted by Crippen LogP contribution is -2.36. The normalized spacial score (nSPS) is 17.2. The highest BCUT2D eigenvalue weighted by Crippen LogP contribution is 2.25. The van der Waals surface area contributed by atoms with Crippen molar-refractivity contribution in [2.75, 3.05) is 13.1 Å². The van der Waals surface area contributed by atoms with Crippen LogP contribution in [-0.4, -0.2) is 22.6 Å². The van der Waals surface area contributed by atoms with Gasteiger partial charge in [0.15, 0.2) is 0 Å². The van der Waals surface area contributed by atoms with Gasteiger partial charge in [-0.15, -0.1) is 0 Å². The van der Waals surface area contributed by atoms with Crippen molar-refractivity contribution in [1.82, 2.24) is 14.9 Å². The van der Waals surface area contributed by atoms with Crippen molar-refractivity contribution in [1.29, 1.82) is 0 Å². The molecule has 0 spiro atoms. The number of hydrogen-bond donors (Lipinski definition) is 1. The first kappa shape index (κ1) is 19.7. The molecule has 152 valence electrons. The van der Waals surface area contributed by atoms with Crippen molar-refractivity contribution in [3.8, 4) is 11.1 Å². The van der Waals surface area contributed by atoms with Gasteiger partial charge in [-0.1, -0.05) is 19.9 Å². The van der Waals surface area contributed by atoms with Gasteiger partial charge in [-0.2, -0.15) is 0 Å². The standard InChI is InChI=1S/C23H25F2N3O/c1-14(2)22-27-21-6-5-16(17-8-18(24)11-19(25)9-17)10-20(21)23(29)28(22)13-15-4-3-7-26-12-15/h5-6,8-11,14-15,26H,3-4,7,12-13H2,1-2H3. The molecule has 1 aromatic heterocycles. The molecule has 6 heteroatoms. The number of aromatic nitrogens is 2. The second kappa shape index (κ2) is 8.03. The van der Waals surface area contributed by atoms with Crippen LogP contribution in [0.3, 0.4) is 0 Å². The van der Waals surface area contributed by atoms with Crippen LogP contribution in [0.1, 0.15) is 38.4 Å². The van der Waals surface area contributed by atoms with Gasteiger partial charge in [0.2, 0.25) is 0 Å². The fourth-order valence-electron chi connectivity index (χ4n) is 4.09. The molecular formula is C23H25F2N3O. The Morgan fingerprint density at radius 3 is 2.55 bits per heavy atom. The van der Waals surface area contributed by atoms with E-state index in [4.69, 9.17) is 4.98 Å². The van der Waals surface area contributed by atoms with Gasteiger partial charge in [-0.05, 0) is 67.2 Å². The summed E-state index contributed by atoms with van der Waals surface area (Å²) < 4.78 is 29.1. The summed E-state index contributed by atoms with van der Waals surface area (Å²) in [6.07, 6.45) is 2.18. The summed E-state index contributed by atoms with van der Waals surface area (Å²) in [5, 5.41) is 3.87. The van der Waals surface area contributed by atoms with Gasteiger partial charge < -0.3 is 5.32 Å². The smallest absolute Gasteiger partial charge is 0.261 e. The molecule has 1 atom stereocenters. The highest BCUT2D eigenvalue weighted by molar-refractivity contribution is 5.84. The molecule has 1 aliphatic heterocycles. The summed E-state index contributed by atoms with van der Waals surface area (Å²) in [7, 11) is 0. The van der Waals surface area contributed by atoms with Crippen LogP contribution in [0.4, 0.5) is 8.78 Å². The van der Waals surface area contributed by atoms with E-state index in [2.05, 4.69) is 5.32 Å². The van der Waals surface area contributed by atoms with Crippen LogP contribution in [-0.2, 0) is 6.54 Å². The summed E-state index contributed by atoms with van der Waals surface area (Å²) in [6, 6.07) is 8.58. The monoisotopic (exact) mass is 397 g/mol. The third-order valence-electron chi connectivity index (χ3n) is 5.54. The fraction of sp³-hybridized carbons (Fsp3) is 0.391. The highest BCUT2D eigenvalue weighted by atomic mass is 19.1. The Morgan fingerprint density at radius 1 is 1.14 bits per heavy atom. The first-order chi connectivity index (χ1) is 13.9. The van der Waals surface area contributed by atoms with Gasteiger partial charge in [-0.25, -0.2) is 13.8 Å². The number of rotatable bonds is 4. The van der Waals surface area contributed by atoms with E-state index in [1.807, 2.05) is 13.8 Å². The van der Waals surface area contributed by atoms with Crippen LogP contribution in [0, 0.1) is 17.6 Å². The molecule has 29 heavy (non-hydrogen) atoms. The average Bonchev–Trinajstić information content (AvgIpc) is 2.69. The van der Waals surface area contributed by atoms with Crippen LogP contribution < -0.4 is 10.9 Å². The maximum Gasteiger partial charge on any atom is 0.261 e. The predicted octanol–water partition coefficient (Wildman–Crippen LogP) is 4.46. The quantitative estimate of drug-likeness (QED) is 0.707. The van der Waals surface area contributed by atoms with Crippen LogP contribution in [0.2, 0.25) is 0 Å². The molecule has 2 aromatic carbocycles. The summed E-state index contributed by atoms with van der Waals surface area (Å²) >= 11 is 0. The van der Waals surface area contributed by atoms with E-state index < -0.39 is 11.6 Å². The van der Waals surface area contributed by atoms with Gasteiger partial charge in [-0.3, -0.25) is 9.36 Å². The number of piperidine rings is 1. The number of nitrogens with one attached hydrogen (secondary N) is 1. The molecular weight excluding hydrogens is 372 g/mol. The number of hydrogen-bond acceptors (Lipinski definition) is 3.